The number of nitrogens with zero attached hydrogens (tertiary/aromatic N) is 3. The Balaban J connectivity index is 2.10. The second-order valence-electron chi connectivity index (χ2n) is 3.81. The number of halogens is 1. The second-order valence-corrected chi connectivity index (χ2v) is 4.67. The van der Waals surface area contributed by atoms with Crippen LogP contribution >= 0.6 is 15.9 Å². The topological polar surface area (TPSA) is 92.8 Å². The van der Waals surface area contributed by atoms with Crippen LogP contribution < -0.4 is 10.1 Å². The fraction of sp³-hybridized carbons (Fsp3) is 0.273. The maximum Gasteiger partial charge on any atom is 0.251 e. The molecule has 2 rings (SSSR count). The first kappa shape index (κ1) is 13.5. The lowest BCUT2D eigenvalue weighted by molar-refractivity contribution is 0.0938. The summed E-state index contributed by atoms with van der Waals surface area (Å²) >= 11 is 3.34. The summed E-state index contributed by atoms with van der Waals surface area (Å²) in [4.78, 5) is 12.0. The van der Waals surface area contributed by atoms with Gasteiger partial charge in [0, 0.05) is 5.56 Å². The first-order valence-electron chi connectivity index (χ1n) is 5.49. The number of ether oxygens (including phenoxy) is 1. The zero-order chi connectivity index (χ0) is 13.8. The summed E-state index contributed by atoms with van der Waals surface area (Å²) in [6.07, 6.45) is 0. The van der Waals surface area contributed by atoms with Gasteiger partial charge in [-0.05, 0) is 41.1 Å². The summed E-state index contributed by atoms with van der Waals surface area (Å²) in [5.41, 5.74) is 0.517. The standard InChI is InChI=1S/C11H12BrN5O2/c1-6(10-14-16-17-15-10)13-11(18)7-3-4-9(19-2)8(12)5-7/h3-6H,1-2H3,(H,13,18)(H,14,15,16,17). The van der Waals surface area contributed by atoms with E-state index >= 15 is 0 Å². The van der Waals surface area contributed by atoms with E-state index in [1.54, 1.807) is 32.2 Å². The smallest absolute Gasteiger partial charge is 0.251 e. The van der Waals surface area contributed by atoms with Crippen LogP contribution in [0.1, 0.15) is 29.1 Å². The van der Waals surface area contributed by atoms with Gasteiger partial charge in [-0.25, -0.2) is 0 Å². The Hall–Kier alpha value is -1.96. The van der Waals surface area contributed by atoms with E-state index < -0.39 is 0 Å². The molecule has 0 aliphatic heterocycles. The summed E-state index contributed by atoms with van der Waals surface area (Å²) in [5, 5.41) is 16.2. The minimum atomic E-state index is -0.327. The number of amides is 1. The van der Waals surface area contributed by atoms with Crippen LogP contribution in [-0.2, 0) is 0 Å². The molecule has 0 aliphatic carbocycles. The molecule has 19 heavy (non-hydrogen) atoms. The quantitative estimate of drug-likeness (QED) is 0.887. The highest BCUT2D eigenvalue weighted by Crippen LogP contribution is 2.25. The van der Waals surface area contributed by atoms with Gasteiger partial charge in [0.1, 0.15) is 5.75 Å². The van der Waals surface area contributed by atoms with Crippen molar-refractivity contribution in [3.05, 3.63) is 34.1 Å². The van der Waals surface area contributed by atoms with E-state index in [0.29, 0.717) is 17.1 Å². The van der Waals surface area contributed by atoms with Crippen molar-refractivity contribution in [3.8, 4) is 5.75 Å². The SMILES string of the molecule is COc1ccc(C(=O)NC(C)c2nn[nH]n2)cc1Br. The van der Waals surface area contributed by atoms with Crippen molar-refractivity contribution in [1.82, 2.24) is 25.9 Å². The molecule has 1 heterocycles. The number of hydrogen-bond acceptors (Lipinski definition) is 5. The highest BCUT2D eigenvalue weighted by atomic mass is 79.9. The summed E-state index contributed by atoms with van der Waals surface area (Å²) in [7, 11) is 1.57. The third kappa shape index (κ3) is 3.08. The molecule has 1 unspecified atom stereocenters. The van der Waals surface area contributed by atoms with Crippen molar-refractivity contribution in [2.45, 2.75) is 13.0 Å². The number of aromatic amines is 1. The highest BCUT2D eigenvalue weighted by molar-refractivity contribution is 9.10. The van der Waals surface area contributed by atoms with Crippen LogP contribution in [0.3, 0.4) is 0 Å². The van der Waals surface area contributed by atoms with Gasteiger partial charge in [0.15, 0.2) is 5.82 Å². The van der Waals surface area contributed by atoms with Gasteiger partial charge in [-0.2, -0.15) is 5.21 Å². The van der Waals surface area contributed by atoms with Crippen molar-refractivity contribution in [3.63, 3.8) is 0 Å². The van der Waals surface area contributed by atoms with Gasteiger partial charge in [-0.1, -0.05) is 5.21 Å². The van der Waals surface area contributed by atoms with E-state index in [9.17, 15) is 4.79 Å². The van der Waals surface area contributed by atoms with E-state index in [-0.39, 0.29) is 11.9 Å². The van der Waals surface area contributed by atoms with Crippen LogP contribution in [0.5, 0.6) is 5.75 Å². The molecule has 1 aromatic carbocycles. The highest BCUT2D eigenvalue weighted by Gasteiger charge is 2.15. The van der Waals surface area contributed by atoms with Crippen LogP contribution in [0.2, 0.25) is 0 Å². The molecule has 0 bridgehead atoms. The van der Waals surface area contributed by atoms with Crippen molar-refractivity contribution >= 4 is 21.8 Å². The van der Waals surface area contributed by atoms with Gasteiger partial charge in [-0.3, -0.25) is 4.79 Å². The summed E-state index contributed by atoms with van der Waals surface area (Å²) in [5.74, 6) is 0.879. The molecule has 100 valence electrons. The fourth-order valence-electron chi connectivity index (χ4n) is 1.51. The number of H-pyrrole nitrogens is 1. The predicted octanol–water partition coefficient (Wildman–Crippen LogP) is 1.46. The molecule has 8 heteroatoms. The molecular weight excluding hydrogens is 314 g/mol. The maximum atomic E-state index is 12.0. The van der Waals surface area contributed by atoms with Crippen LogP contribution in [0.25, 0.3) is 0 Å². The number of nitrogens with one attached hydrogen (secondary N) is 2. The molecule has 0 saturated heterocycles. The molecule has 0 radical (unpaired) electrons. The Kier molecular flexibility index (Phi) is 4.10. The molecule has 1 atom stereocenters. The third-order valence-corrected chi connectivity index (χ3v) is 3.13. The molecule has 1 aromatic heterocycles. The first-order chi connectivity index (χ1) is 9.11. The molecule has 0 spiro atoms. The van der Waals surface area contributed by atoms with Crippen molar-refractivity contribution < 1.29 is 9.53 Å². The Labute approximate surface area is 117 Å². The van der Waals surface area contributed by atoms with Gasteiger partial charge < -0.3 is 10.1 Å². The number of hydrogen-bond donors (Lipinski definition) is 2. The molecule has 0 fully saturated rings. The number of carbonyl (C=O) groups is 1. The largest absolute Gasteiger partial charge is 0.496 e. The van der Waals surface area contributed by atoms with Crippen LogP contribution in [0.4, 0.5) is 0 Å². The number of rotatable bonds is 4. The van der Waals surface area contributed by atoms with Gasteiger partial charge in [0.25, 0.3) is 5.91 Å². The number of methoxy groups -OCH3 is 1. The average molecular weight is 326 g/mol. The minimum absolute atomic E-state index is 0.222. The van der Waals surface area contributed by atoms with Crippen molar-refractivity contribution in [2.24, 2.45) is 0 Å². The average Bonchev–Trinajstić information content (AvgIpc) is 2.92. The summed E-state index contributed by atoms with van der Waals surface area (Å²) in [6.45, 7) is 1.78. The Morgan fingerprint density at radius 2 is 2.32 bits per heavy atom. The third-order valence-electron chi connectivity index (χ3n) is 2.51. The van der Waals surface area contributed by atoms with Gasteiger partial charge in [-0.15, -0.1) is 10.2 Å². The van der Waals surface area contributed by atoms with E-state index in [1.165, 1.54) is 0 Å². The minimum Gasteiger partial charge on any atom is -0.496 e. The lowest BCUT2D eigenvalue weighted by Crippen LogP contribution is -2.27. The normalized spacial score (nSPS) is 11.9. The Bertz CT molecular complexity index is 572. The second kappa shape index (κ2) is 5.79. The summed E-state index contributed by atoms with van der Waals surface area (Å²) in [6, 6.07) is 4.77. The lowest BCUT2D eigenvalue weighted by atomic mass is 10.2. The number of tetrazole rings is 1. The van der Waals surface area contributed by atoms with Crippen molar-refractivity contribution in [2.75, 3.05) is 7.11 Å². The fourth-order valence-corrected chi connectivity index (χ4v) is 2.05. The van der Waals surface area contributed by atoms with E-state index in [4.69, 9.17) is 4.74 Å². The number of benzene rings is 1. The van der Waals surface area contributed by atoms with E-state index in [0.717, 1.165) is 4.47 Å². The lowest BCUT2D eigenvalue weighted by Gasteiger charge is -2.11. The van der Waals surface area contributed by atoms with Gasteiger partial charge >= 0.3 is 0 Å². The molecule has 2 aromatic rings. The molecule has 0 aliphatic rings. The van der Waals surface area contributed by atoms with Gasteiger partial charge in [0.2, 0.25) is 0 Å². The number of carbonyl (C=O) groups excluding carboxylic acids is 1. The Morgan fingerprint density at radius 1 is 1.53 bits per heavy atom. The van der Waals surface area contributed by atoms with Crippen LogP contribution in [0.15, 0.2) is 22.7 Å². The maximum absolute atomic E-state index is 12.0. The molecule has 7 nitrogen and oxygen atoms in total. The zero-order valence-corrected chi connectivity index (χ0v) is 11.9. The molecule has 1 amide bonds. The number of aromatic nitrogens is 4. The van der Waals surface area contributed by atoms with E-state index in [1.807, 2.05) is 0 Å². The van der Waals surface area contributed by atoms with E-state index in [2.05, 4.69) is 41.9 Å². The first-order valence-corrected chi connectivity index (χ1v) is 6.29. The summed E-state index contributed by atoms with van der Waals surface area (Å²) < 4.78 is 5.83. The molecular formula is C11H12BrN5O2. The van der Waals surface area contributed by atoms with Crippen LogP contribution in [-0.4, -0.2) is 33.6 Å². The monoisotopic (exact) mass is 325 g/mol. The van der Waals surface area contributed by atoms with Gasteiger partial charge in [0.05, 0.1) is 17.6 Å². The molecule has 2 N–H and O–H groups in total. The molecule has 0 saturated carbocycles. The van der Waals surface area contributed by atoms with Crippen LogP contribution in [0, 0.1) is 0 Å². The zero-order valence-electron chi connectivity index (χ0n) is 10.3. The van der Waals surface area contributed by atoms with Crippen molar-refractivity contribution in [1.29, 1.82) is 0 Å². The Morgan fingerprint density at radius 3 is 2.89 bits per heavy atom. The predicted molar refractivity (Wildman–Crippen MR) is 70.8 cm³/mol.